The highest BCUT2D eigenvalue weighted by molar-refractivity contribution is 5.98. The van der Waals surface area contributed by atoms with E-state index in [-0.39, 0.29) is 23.7 Å². The second kappa shape index (κ2) is 6.71. The summed E-state index contributed by atoms with van der Waals surface area (Å²) in [6.45, 7) is -0.293. The molecule has 2 aromatic carbocycles. The molecule has 0 aliphatic carbocycles. The van der Waals surface area contributed by atoms with Crippen LogP contribution in [0.4, 0.5) is 4.39 Å². The van der Waals surface area contributed by atoms with Crippen molar-refractivity contribution in [2.75, 3.05) is 13.7 Å². The number of hydrogen-bond acceptors (Lipinski definition) is 4. The average molecular weight is 303 g/mol. The number of Topliss-reactive ketones (excluding diaryl/α,β-unsaturated/α-hetero) is 1. The summed E-state index contributed by atoms with van der Waals surface area (Å²) in [7, 11) is 1.53. The Morgan fingerprint density at radius 3 is 2.41 bits per heavy atom. The van der Waals surface area contributed by atoms with Gasteiger partial charge in [0.25, 0.3) is 5.91 Å². The molecule has 0 spiro atoms. The van der Waals surface area contributed by atoms with Crippen molar-refractivity contribution >= 4 is 11.7 Å². The van der Waals surface area contributed by atoms with Gasteiger partial charge in [-0.3, -0.25) is 9.59 Å². The van der Waals surface area contributed by atoms with Crippen molar-refractivity contribution in [2.24, 2.45) is 5.73 Å². The van der Waals surface area contributed by atoms with Gasteiger partial charge < -0.3 is 15.2 Å². The van der Waals surface area contributed by atoms with Gasteiger partial charge in [-0.15, -0.1) is 0 Å². The fraction of sp³-hybridized carbons (Fsp3) is 0.125. The molecule has 0 saturated carbocycles. The Bertz CT molecular complexity index is 698. The summed E-state index contributed by atoms with van der Waals surface area (Å²) in [6, 6.07) is 9.86. The van der Waals surface area contributed by atoms with Gasteiger partial charge in [0, 0.05) is 5.56 Å². The van der Waals surface area contributed by atoms with E-state index in [9.17, 15) is 14.0 Å². The topological polar surface area (TPSA) is 78.6 Å². The van der Waals surface area contributed by atoms with E-state index in [1.807, 2.05) is 0 Å². The Morgan fingerprint density at radius 1 is 1.14 bits per heavy atom. The van der Waals surface area contributed by atoms with E-state index in [0.29, 0.717) is 11.3 Å². The third-order valence-corrected chi connectivity index (χ3v) is 2.98. The lowest BCUT2D eigenvalue weighted by Gasteiger charge is -2.09. The molecular formula is C16H14FNO4. The van der Waals surface area contributed by atoms with Crippen LogP contribution in [0, 0.1) is 5.82 Å². The van der Waals surface area contributed by atoms with E-state index in [4.69, 9.17) is 15.2 Å². The van der Waals surface area contributed by atoms with Crippen molar-refractivity contribution in [2.45, 2.75) is 0 Å². The van der Waals surface area contributed by atoms with Gasteiger partial charge in [0.05, 0.1) is 12.7 Å². The number of ether oxygens (including phenoxy) is 2. The first-order valence-electron chi connectivity index (χ1n) is 6.40. The van der Waals surface area contributed by atoms with E-state index in [1.54, 1.807) is 24.3 Å². The molecule has 114 valence electrons. The highest BCUT2D eigenvalue weighted by atomic mass is 19.1. The molecule has 2 rings (SSSR count). The zero-order valence-corrected chi connectivity index (χ0v) is 11.8. The van der Waals surface area contributed by atoms with Crippen LogP contribution in [-0.4, -0.2) is 25.4 Å². The SMILES string of the molecule is COc1ccc(C(=O)COc2ccc(F)cc2C(N)=O)cc1. The molecule has 2 N–H and O–H groups in total. The molecule has 0 saturated heterocycles. The minimum absolute atomic E-state index is 0.0655. The van der Waals surface area contributed by atoms with Crippen molar-refractivity contribution in [3.8, 4) is 11.5 Å². The fourth-order valence-electron chi connectivity index (χ4n) is 1.82. The van der Waals surface area contributed by atoms with Gasteiger partial charge in [0.15, 0.2) is 12.4 Å². The monoisotopic (exact) mass is 303 g/mol. The highest BCUT2D eigenvalue weighted by Crippen LogP contribution is 2.20. The number of carbonyl (C=O) groups is 2. The highest BCUT2D eigenvalue weighted by Gasteiger charge is 2.13. The minimum atomic E-state index is -0.827. The number of halogens is 1. The number of nitrogens with two attached hydrogens (primary N) is 1. The number of methoxy groups -OCH3 is 1. The van der Waals surface area contributed by atoms with Gasteiger partial charge in [-0.05, 0) is 42.5 Å². The first-order chi connectivity index (χ1) is 10.5. The maximum atomic E-state index is 13.1. The molecule has 2 aromatic rings. The van der Waals surface area contributed by atoms with E-state index >= 15 is 0 Å². The number of rotatable bonds is 6. The quantitative estimate of drug-likeness (QED) is 0.830. The van der Waals surface area contributed by atoms with Crippen molar-refractivity contribution in [1.29, 1.82) is 0 Å². The second-order valence-electron chi connectivity index (χ2n) is 4.45. The summed E-state index contributed by atoms with van der Waals surface area (Å²) < 4.78 is 23.4. The summed E-state index contributed by atoms with van der Waals surface area (Å²) in [5.41, 5.74) is 5.47. The molecule has 6 heteroatoms. The summed E-state index contributed by atoms with van der Waals surface area (Å²) >= 11 is 0. The molecule has 0 aliphatic rings. The Kier molecular flexibility index (Phi) is 4.73. The van der Waals surface area contributed by atoms with Crippen LogP contribution in [0.3, 0.4) is 0 Å². The second-order valence-corrected chi connectivity index (χ2v) is 4.45. The standard InChI is InChI=1S/C16H14FNO4/c1-21-12-5-2-10(3-6-12)14(19)9-22-15-7-4-11(17)8-13(15)16(18)20/h2-8H,9H2,1H3,(H2,18,20). The summed E-state index contributed by atoms with van der Waals surface area (Å²) in [6.07, 6.45) is 0. The Morgan fingerprint density at radius 2 is 1.82 bits per heavy atom. The summed E-state index contributed by atoms with van der Waals surface area (Å²) in [5.74, 6) is -1.03. The van der Waals surface area contributed by atoms with Crippen LogP contribution < -0.4 is 15.2 Å². The van der Waals surface area contributed by atoms with Crippen LogP contribution in [0.2, 0.25) is 0 Å². The Balaban J connectivity index is 2.09. The van der Waals surface area contributed by atoms with Crippen LogP contribution in [0.1, 0.15) is 20.7 Å². The first-order valence-corrected chi connectivity index (χ1v) is 6.40. The fourth-order valence-corrected chi connectivity index (χ4v) is 1.82. The number of benzene rings is 2. The lowest BCUT2D eigenvalue weighted by atomic mass is 10.1. The molecule has 5 nitrogen and oxygen atoms in total. The van der Waals surface area contributed by atoms with Gasteiger partial charge in [0.1, 0.15) is 17.3 Å². The van der Waals surface area contributed by atoms with Gasteiger partial charge in [-0.2, -0.15) is 0 Å². The molecule has 0 bridgehead atoms. The average Bonchev–Trinajstić information content (AvgIpc) is 2.53. The summed E-state index contributed by atoms with van der Waals surface area (Å²) in [4.78, 5) is 23.2. The largest absolute Gasteiger partial charge is 0.497 e. The number of primary amides is 1. The third-order valence-electron chi connectivity index (χ3n) is 2.98. The number of ketones is 1. The van der Waals surface area contributed by atoms with Crippen molar-refractivity contribution in [3.05, 3.63) is 59.4 Å². The maximum Gasteiger partial charge on any atom is 0.252 e. The third kappa shape index (κ3) is 3.60. The van der Waals surface area contributed by atoms with Crippen LogP contribution in [0.15, 0.2) is 42.5 Å². The van der Waals surface area contributed by atoms with Crippen LogP contribution >= 0.6 is 0 Å². The van der Waals surface area contributed by atoms with Crippen LogP contribution in [-0.2, 0) is 0 Å². The van der Waals surface area contributed by atoms with Crippen molar-refractivity contribution in [3.63, 3.8) is 0 Å². The first kappa shape index (κ1) is 15.5. The van der Waals surface area contributed by atoms with E-state index in [2.05, 4.69) is 0 Å². The van der Waals surface area contributed by atoms with Crippen molar-refractivity contribution in [1.82, 2.24) is 0 Å². The molecular weight excluding hydrogens is 289 g/mol. The maximum absolute atomic E-state index is 13.1. The molecule has 1 amide bonds. The van der Waals surface area contributed by atoms with Gasteiger partial charge >= 0.3 is 0 Å². The zero-order chi connectivity index (χ0) is 16.1. The van der Waals surface area contributed by atoms with Gasteiger partial charge in [0.2, 0.25) is 0 Å². The molecule has 0 unspecified atom stereocenters. The molecule has 22 heavy (non-hydrogen) atoms. The smallest absolute Gasteiger partial charge is 0.252 e. The van der Waals surface area contributed by atoms with Crippen LogP contribution in [0.25, 0.3) is 0 Å². The number of hydrogen-bond donors (Lipinski definition) is 1. The lowest BCUT2D eigenvalue weighted by Crippen LogP contribution is -2.16. The predicted octanol–water partition coefficient (Wildman–Crippen LogP) is 2.19. The van der Waals surface area contributed by atoms with E-state index in [0.717, 1.165) is 12.1 Å². The predicted molar refractivity (Wildman–Crippen MR) is 77.7 cm³/mol. The molecule has 0 atom stereocenters. The molecule has 0 fully saturated rings. The molecule has 0 radical (unpaired) electrons. The number of carbonyl (C=O) groups excluding carboxylic acids is 2. The lowest BCUT2D eigenvalue weighted by molar-refractivity contribution is 0.0912. The molecule has 0 aliphatic heterocycles. The summed E-state index contributed by atoms with van der Waals surface area (Å²) in [5, 5.41) is 0. The minimum Gasteiger partial charge on any atom is -0.497 e. The number of amides is 1. The van der Waals surface area contributed by atoms with E-state index in [1.165, 1.54) is 13.2 Å². The van der Waals surface area contributed by atoms with Crippen molar-refractivity contribution < 1.29 is 23.5 Å². The normalized spacial score (nSPS) is 10.1. The van der Waals surface area contributed by atoms with Gasteiger partial charge in [-0.25, -0.2) is 4.39 Å². The van der Waals surface area contributed by atoms with Crippen LogP contribution in [0.5, 0.6) is 11.5 Å². The van der Waals surface area contributed by atoms with E-state index < -0.39 is 11.7 Å². The Hall–Kier alpha value is -2.89. The zero-order valence-electron chi connectivity index (χ0n) is 11.8. The van der Waals surface area contributed by atoms with Gasteiger partial charge in [-0.1, -0.05) is 0 Å². The Labute approximate surface area is 126 Å². The molecule has 0 heterocycles. The molecule has 0 aromatic heterocycles.